The second-order valence-corrected chi connectivity index (χ2v) is 7.60. The number of likely N-dealkylation sites (tertiary alicyclic amines) is 1. The summed E-state index contributed by atoms with van der Waals surface area (Å²) in [5, 5.41) is 13.2. The lowest BCUT2D eigenvalue weighted by atomic mass is 9.72. The molecule has 142 valence electrons. The Labute approximate surface area is 159 Å². The van der Waals surface area contributed by atoms with E-state index in [0.717, 1.165) is 31.4 Å². The van der Waals surface area contributed by atoms with Gasteiger partial charge in [0.05, 0.1) is 24.9 Å². The first-order chi connectivity index (χ1) is 13.0. The van der Waals surface area contributed by atoms with Crippen LogP contribution >= 0.6 is 0 Å². The van der Waals surface area contributed by atoms with E-state index < -0.39 is 0 Å². The van der Waals surface area contributed by atoms with Gasteiger partial charge in [0.25, 0.3) is 0 Å². The number of carbonyl (C=O) groups excluding carboxylic acids is 1. The van der Waals surface area contributed by atoms with E-state index in [1.165, 1.54) is 5.56 Å². The Bertz CT molecular complexity index is 837. The van der Waals surface area contributed by atoms with Gasteiger partial charge >= 0.3 is 0 Å². The molecule has 1 amide bonds. The molecule has 0 saturated carbocycles. The Kier molecular flexibility index (Phi) is 4.74. The monoisotopic (exact) mass is 367 g/mol. The van der Waals surface area contributed by atoms with E-state index in [1.54, 1.807) is 31.5 Å². The zero-order valence-electron chi connectivity index (χ0n) is 15.7. The highest BCUT2D eigenvalue weighted by Gasteiger charge is 2.40. The smallest absolute Gasteiger partial charge is 0.228 e. The fourth-order valence-electron chi connectivity index (χ4n) is 4.53. The van der Waals surface area contributed by atoms with Gasteiger partial charge in [-0.1, -0.05) is 12.1 Å². The lowest BCUT2D eigenvalue weighted by Crippen LogP contribution is -2.52. The van der Waals surface area contributed by atoms with Crippen LogP contribution in [0.15, 0.2) is 36.5 Å². The maximum absolute atomic E-state index is 12.8. The van der Waals surface area contributed by atoms with Crippen LogP contribution in [0.1, 0.15) is 17.5 Å². The van der Waals surface area contributed by atoms with Crippen molar-refractivity contribution >= 4 is 11.6 Å². The molecule has 1 aromatic heterocycles. The molecule has 3 unspecified atom stereocenters. The summed E-state index contributed by atoms with van der Waals surface area (Å²) < 4.78 is 5.05. The van der Waals surface area contributed by atoms with Crippen LogP contribution in [0.3, 0.4) is 0 Å². The Balaban J connectivity index is 1.47. The third-order valence-electron chi connectivity index (χ3n) is 5.93. The number of methoxy groups -OCH3 is 1. The van der Waals surface area contributed by atoms with Crippen molar-refractivity contribution in [2.45, 2.75) is 25.3 Å². The summed E-state index contributed by atoms with van der Waals surface area (Å²) in [4.78, 5) is 19.2. The highest BCUT2D eigenvalue weighted by molar-refractivity contribution is 5.92. The number of hydrogen-bond donors (Lipinski definition) is 2. The van der Waals surface area contributed by atoms with E-state index in [-0.39, 0.29) is 11.8 Å². The second-order valence-electron chi connectivity index (χ2n) is 7.60. The molecule has 1 fully saturated rings. The number of rotatable bonds is 3. The summed E-state index contributed by atoms with van der Waals surface area (Å²) in [6.07, 6.45) is 4.20. The Morgan fingerprint density at radius 2 is 2.15 bits per heavy atom. The first kappa shape index (κ1) is 17.8. The van der Waals surface area contributed by atoms with E-state index in [0.29, 0.717) is 29.3 Å². The summed E-state index contributed by atoms with van der Waals surface area (Å²) in [6.45, 7) is 0.741. The summed E-state index contributed by atoms with van der Waals surface area (Å²) in [5.41, 5.74) is 2.96. The molecule has 1 aliphatic carbocycles. The molecule has 3 atom stereocenters. The van der Waals surface area contributed by atoms with Crippen LogP contribution in [0.2, 0.25) is 0 Å². The first-order valence-corrected chi connectivity index (χ1v) is 9.36. The fourth-order valence-corrected chi connectivity index (χ4v) is 4.53. The zero-order valence-corrected chi connectivity index (χ0v) is 15.7. The second kappa shape index (κ2) is 7.19. The van der Waals surface area contributed by atoms with Crippen molar-refractivity contribution in [1.82, 2.24) is 9.88 Å². The highest BCUT2D eigenvalue weighted by atomic mass is 16.5. The van der Waals surface area contributed by atoms with Crippen molar-refractivity contribution in [1.29, 1.82) is 0 Å². The SMILES string of the molecule is COc1ccc(NC(=O)C2CC3Cc4c(O)cccc4CC3N(C)C2)cn1. The van der Waals surface area contributed by atoms with Gasteiger partial charge in [-0.25, -0.2) is 4.98 Å². The third kappa shape index (κ3) is 3.49. The number of benzene rings is 1. The topological polar surface area (TPSA) is 74.7 Å². The lowest BCUT2D eigenvalue weighted by molar-refractivity contribution is -0.123. The quantitative estimate of drug-likeness (QED) is 0.872. The van der Waals surface area contributed by atoms with Gasteiger partial charge in [0.2, 0.25) is 11.8 Å². The maximum atomic E-state index is 12.8. The number of nitrogens with one attached hydrogen (secondary N) is 1. The minimum atomic E-state index is -0.0780. The van der Waals surface area contributed by atoms with E-state index >= 15 is 0 Å². The number of pyridine rings is 1. The Morgan fingerprint density at radius 1 is 1.30 bits per heavy atom. The molecule has 27 heavy (non-hydrogen) atoms. The van der Waals surface area contributed by atoms with Crippen LogP contribution in [-0.4, -0.2) is 47.6 Å². The Morgan fingerprint density at radius 3 is 2.89 bits per heavy atom. The average Bonchev–Trinajstić information content (AvgIpc) is 2.68. The maximum Gasteiger partial charge on any atom is 0.228 e. The molecule has 2 N–H and O–H groups in total. The first-order valence-electron chi connectivity index (χ1n) is 9.36. The molecule has 2 aromatic rings. The standard InChI is InChI=1S/C21H25N3O3/c1-24-12-15(21(26)23-16-6-7-20(27-2)22-11-16)8-14-9-17-13(10-18(14)24)4-3-5-19(17)25/h3-7,11,14-15,18,25H,8-10,12H2,1-2H3,(H,23,26). The van der Waals surface area contributed by atoms with Crippen LogP contribution in [0, 0.1) is 11.8 Å². The minimum absolute atomic E-state index is 0.0235. The van der Waals surface area contributed by atoms with Crippen molar-refractivity contribution in [3.8, 4) is 11.6 Å². The normalized spacial score (nSPS) is 24.6. The summed E-state index contributed by atoms with van der Waals surface area (Å²) in [7, 11) is 3.66. The average molecular weight is 367 g/mol. The van der Waals surface area contributed by atoms with E-state index in [4.69, 9.17) is 4.74 Å². The summed E-state index contributed by atoms with van der Waals surface area (Å²) in [6, 6.07) is 9.73. The number of phenols is 1. The number of piperidine rings is 1. The number of aromatic hydroxyl groups is 1. The predicted octanol–water partition coefficient (Wildman–Crippen LogP) is 2.47. The van der Waals surface area contributed by atoms with Gasteiger partial charge in [0, 0.05) is 18.7 Å². The molecule has 0 bridgehead atoms. The molecule has 2 heterocycles. The molecule has 1 saturated heterocycles. The van der Waals surface area contributed by atoms with Gasteiger partial charge < -0.3 is 20.1 Å². The molecule has 1 aromatic carbocycles. The number of ether oxygens (including phenoxy) is 1. The lowest BCUT2D eigenvalue weighted by Gasteiger charge is -2.45. The molecule has 1 aliphatic heterocycles. The number of carbonyl (C=O) groups is 1. The van der Waals surface area contributed by atoms with Crippen molar-refractivity contribution in [3.05, 3.63) is 47.7 Å². The van der Waals surface area contributed by atoms with E-state index in [9.17, 15) is 9.90 Å². The van der Waals surface area contributed by atoms with Crippen molar-refractivity contribution < 1.29 is 14.6 Å². The number of likely N-dealkylation sites (N-methyl/N-ethyl adjacent to an activating group) is 1. The van der Waals surface area contributed by atoms with Crippen molar-refractivity contribution in [3.63, 3.8) is 0 Å². The van der Waals surface area contributed by atoms with Crippen molar-refractivity contribution in [2.24, 2.45) is 11.8 Å². The molecular formula is C21H25N3O3. The molecule has 0 radical (unpaired) electrons. The number of nitrogens with zero attached hydrogens (tertiary/aromatic N) is 2. The van der Waals surface area contributed by atoms with Crippen LogP contribution in [0.4, 0.5) is 5.69 Å². The molecule has 6 heteroatoms. The predicted molar refractivity (Wildman–Crippen MR) is 103 cm³/mol. The van der Waals surface area contributed by atoms with Crippen LogP contribution in [0.25, 0.3) is 0 Å². The fraction of sp³-hybridized carbons (Fsp3) is 0.429. The number of anilines is 1. The number of phenolic OH excluding ortho intramolecular Hbond substituents is 1. The summed E-state index contributed by atoms with van der Waals surface area (Å²) in [5.74, 6) is 1.22. The third-order valence-corrected chi connectivity index (χ3v) is 5.93. The van der Waals surface area contributed by atoms with Gasteiger partial charge in [-0.15, -0.1) is 0 Å². The molecule has 0 spiro atoms. The number of fused-ring (bicyclic) bond motifs is 2. The van der Waals surface area contributed by atoms with Crippen LogP contribution in [-0.2, 0) is 17.6 Å². The Hall–Kier alpha value is -2.60. The van der Waals surface area contributed by atoms with E-state index in [1.807, 2.05) is 6.07 Å². The van der Waals surface area contributed by atoms with Gasteiger partial charge in [-0.2, -0.15) is 0 Å². The molecule has 4 rings (SSSR count). The van der Waals surface area contributed by atoms with Gasteiger partial charge in [-0.05, 0) is 55.5 Å². The molecular weight excluding hydrogens is 342 g/mol. The number of aromatic nitrogens is 1. The van der Waals surface area contributed by atoms with Gasteiger partial charge in [-0.3, -0.25) is 4.79 Å². The molecule has 2 aliphatic rings. The van der Waals surface area contributed by atoms with Gasteiger partial charge in [0.1, 0.15) is 5.75 Å². The van der Waals surface area contributed by atoms with E-state index in [2.05, 4.69) is 28.3 Å². The van der Waals surface area contributed by atoms with Gasteiger partial charge in [0.15, 0.2) is 0 Å². The molecule has 6 nitrogen and oxygen atoms in total. The zero-order chi connectivity index (χ0) is 19.0. The van der Waals surface area contributed by atoms with Crippen molar-refractivity contribution in [2.75, 3.05) is 26.0 Å². The highest BCUT2D eigenvalue weighted by Crippen LogP contribution is 2.39. The number of amides is 1. The summed E-state index contributed by atoms with van der Waals surface area (Å²) >= 11 is 0. The minimum Gasteiger partial charge on any atom is -0.508 e. The number of hydrogen-bond acceptors (Lipinski definition) is 5. The van der Waals surface area contributed by atoms with Crippen LogP contribution < -0.4 is 10.1 Å². The largest absolute Gasteiger partial charge is 0.508 e. The van der Waals surface area contributed by atoms with Crippen LogP contribution in [0.5, 0.6) is 11.6 Å².